The van der Waals surface area contributed by atoms with Gasteiger partial charge in [0.1, 0.15) is 5.75 Å². The quantitative estimate of drug-likeness (QED) is 0.618. The summed E-state index contributed by atoms with van der Waals surface area (Å²) in [6, 6.07) is 11.9. The molecule has 0 unspecified atom stereocenters. The molecule has 0 atom stereocenters. The molecule has 7 nitrogen and oxygen atoms in total. The lowest BCUT2D eigenvalue weighted by molar-refractivity contribution is -0.137. The van der Waals surface area contributed by atoms with Crippen molar-refractivity contribution in [3.63, 3.8) is 0 Å². The van der Waals surface area contributed by atoms with E-state index in [-0.39, 0.29) is 12.3 Å². The minimum atomic E-state index is -0.845. The van der Waals surface area contributed by atoms with Gasteiger partial charge in [-0.2, -0.15) is 0 Å². The van der Waals surface area contributed by atoms with Crippen LogP contribution in [0.3, 0.4) is 0 Å². The van der Waals surface area contributed by atoms with Gasteiger partial charge in [-0.3, -0.25) is 9.59 Å². The van der Waals surface area contributed by atoms with Crippen molar-refractivity contribution < 1.29 is 28.9 Å². The number of carboxylic acids is 1. The summed E-state index contributed by atoms with van der Waals surface area (Å²) < 4.78 is 16.2. The minimum absolute atomic E-state index is 0.0691. The number of hydrogen-bond acceptors (Lipinski definition) is 5. The van der Waals surface area contributed by atoms with Gasteiger partial charge in [0.2, 0.25) is 0 Å². The third kappa shape index (κ3) is 6.22. The molecule has 144 valence electrons. The molecule has 27 heavy (non-hydrogen) atoms. The molecule has 2 aromatic carbocycles. The van der Waals surface area contributed by atoms with Crippen molar-refractivity contribution >= 4 is 17.6 Å². The molecule has 0 aliphatic heterocycles. The lowest BCUT2D eigenvalue weighted by Crippen LogP contribution is -2.12. The maximum atomic E-state index is 12.4. The molecule has 0 aromatic heterocycles. The zero-order valence-electron chi connectivity index (χ0n) is 15.4. The molecule has 0 heterocycles. The van der Waals surface area contributed by atoms with E-state index in [1.54, 1.807) is 42.5 Å². The van der Waals surface area contributed by atoms with Gasteiger partial charge in [-0.05, 0) is 55.8 Å². The Morgan fingerprint density at radius 1 is 1.04 bits per heavy atom. The Hall–Kier alpha value is -3.22. The first kappa shape index (κ1) is 20.1. The fourth-order valence-electron chi connectivity index (χ4n) is 2.33. The third-order valence-corrected chi connectivity index (χ3v) is 3.64. The highest BCUT2D eigenvalue weighted by Gasteiger charge is 2.11. The second-order valence-electron chi connectivity index (χ2n) is 5.62. The summed E-state index contributed by atoms with van der Waals surface area (Å²) in [5.41, 5.74) is 1.06. The number of carbonyl (C=O) groups is 2. The van der Waals surface area contributed by atoms with Crippen LogP contribution in [0.5, 0.6) is 17.2 Å². The predicted molar refractivity (Wildman–Crippen MR) is 101 cm³/mol. The van der Waals surface area contributed by atoms with Gasteiger partial charge in [0, 0.05) is 17.7 Å². The van der Waals surface area contributed by atoms with E-state index in [0.717, 1.165) is 0 Å². The number of carboxylic acid groups (broad SMARTS) is 1. The van der Waals surface area contributed by atoms with Crippen molar-refractivity contribution in [3.05, 3.63) is 48.0 Å². The van der Waals surface area contributed by atoms with Crippen molar-refractivity contribution in [2.24, 2.45) is 0 Å². The SMILES string of the molecule is CCOc1ccc(C(=O)Nc2ccc(OCCCC(=O)O)cc2)cc1OC. The fourth-order valence-corrected chi connectivity index (χ4v) is 2.33. The van der Waals surface area contributed by atoms with Crippen LogP contribution >= 0.6 is 0 Å². The van der Waals surface area contributed by atoms with Gasteiger partial charge in [0.05, 0.1) is 20.3 Å². The summed E-state index contributed by atoms with van der Waals surface area (Å²) >= 11 is 0. The Balaban J connectivity index is 1.94. The fraction of sp³-hybridized carbons (Fsp3) is 0.300. The molecule has 0 aliphatic carbocycles. The molecule has 0 bridgehead atoms. The van der Waals surface area contributed by atoms with Crippen molar-refractivity contribution in [1.82, 2.24) is 0 Å². The van der Waals surface area contributed by atoms with Crippen LogP contribution in [0.25, 0.3) is 0 Å². The van der Waals surface area contributed by atoms with Gasteiger partial charge >= 0.3 is 5.97 Å². The molecule has 0 fully saturated rings. The Morgan fingerprint density at radius 2 is 1.78 bits per heavy atom. The van der Waals surface area contributed by atoms with Crippen LogP contribution in [0, 0.1) is 0 Å². The number of anilines is 1. The minimum Gasteiger partial charge on any atom is -0.494 e. The van der Waals surface area contributed by atoms with Gasteiger partial charge < -0.3 is 24.6 Å². The summed E-state index contributed by atoms with van der Waals surface area (Å²) in [7, 11) is 1.52. The molecule has 7 heteroatoms. The number of ether oxygens (including phenoxy) is 3. The van der Waals surface area contributed by atoms with E-state index in [9.17, 15) is 9.59 Å². The summed E-state index contributed by atoms with van der Waals surface area (Å²) in [4.78, 5) is 22.9. The number of aliphatic carboxylic acids is 1. The molecule has 2 N–H and O–H groups in total. The average molecular weight is 373 g/mol. The Kier molecular flexibility index (Phi) is 7.49. The monoisotopic (exact) mass is 373 g/mol. The summed E-state index contributed by atoms with van der Waals surface area (Å²) in [5.74, 6) is 0.575. The largest absolute Gasteiger partial charge is 0.494 e. The molecule has 0 aliphatic rings. The van der Waals surface area contributed by atoms with Gasteiger partial charge in [-0.1, -0.05) is 0 Å². The van der Waals surface area contributed by atoms with E-state index < -0.39 is 5.97 Å². The lowest BCUT2D eigenvalue weighted by Gasteiger charge is -2.11. The van der Waals surface area contributed by atoms with E-state index in [2.05, 4.69) is 5.32 Å². The predicted octanol–water partition coefficient (Wildman–Crippen LogP) is 3.59. The molecule has 0 saturated carbocycles. The standard InChI is InChI=1S/C20H23NO6/c1-3-26-17-11-6-14(13-18(17)25-2)20(24)21-15-7-9-16(10-8-15)27-12-4-5-19(22)23/h6-11,13H,3-5,12H2,1-2H3,(H,21,24)(H,22,23). The van der Waals surface area contributed by atoms with Crippen molar-refractivity contribution in [2.45, 2.75) is 19.8 Å². The first-order valence-corrected chi connectivity index (χ1v) is 8.60. The molecule has 1 amide bonds. The van der Waals surface area contributed by atoms with Crippen LogP contribution in [-0.4, -0.2) is 37.3 Å². The third-order valence-electron chi connectivity index (χ3n) is 3.64. The highest BCUT2D eigenvalue weighted by atomic mass is 16.5. The van der Waals surface area contributed by atoms with E-state index >= 15 is 0 Å². The molecule has 0 spiro atoms. The number of methoxy groups -OCH3 is 1. The first-order chi connectivity index (χ1) is 13.0. The van der Waals surface area contributed by atoms with E-state index in [1.807, 2.05) is 6.92 Å². The van der Waals surface area contributed by atoms with Crippen LogP contribution in [-0.2, 0) is 4.79 Å². The number of benzene rings is 2. The number of amides is 1. The summed E-state index contributed by atoms with van der Waals surface area (Å²) in [6.07, 6.45) is 0.507. The topological polar surface area (TPSA) is 94.1 Å². The number of nitrogens with one attached hydrogen (secondary N) is 1. The lowest BCUT2D eigenvalue weighted by atomic mass is 10.2. The molecular weight excluding hydrogens is 350 g/mol. The Morgan fingerprint density at radius 3 is 2.41 bits per heavy atom. The zero-order valence-corrected chi connectivity index (χ0v) is 15.4. The van der Waals surface area contributed by atoms with Crippen LogP contribution in [0.1, 0.15) is 30.1 Å². The maximum absolute atomic E-state index is 12.4. The van der Waals surface area contributed by atoms with Gasteiger partial charge in [0.25, 0.3) is 5.91 Å². The van der Waals surface area contributed by atoms with Gasteiger partial charge in [0.15, 0.2) is 11.5 Å². The molecule has 0 saturated heterocycles. The molecule has 0 radical (unpaired) electrons. The maximum Gasteiger partial charge on any atom is 0.303 e. The van der Waals surface area contributed by atoms with Crippen molar-refractivity contribution in [1.29, 1.82) is 0 Å². The van der Waals surface area contributed by atoms with Crippen LogP contribution < -0.4 is 19.5 Å². The highest BCUT2D eigenvalue weighted by Crippen LogP contribution is 2.28. The second kappa shape index (κ2) is 10.1. The number of rotatable bonds is 10. The first-order valence-electron chi connectivity index (χ1n) is 8.60. The van der Waals surface area contributed by atoms with Crippen molar-refractivity contribution in [3.8, 4) is 17.2 Å². The highest BCUT2D eigenvalue weighted by molar-refractivity contribution is 6.04. The van der Waals surface area contributed by atoms with E-state index in [1.165, 1.54) is 7.11 Å². The number of hydrogen-bond donors (Lipinski definition) is 2. The van der Waals surface area contributed by atoms with E-state index in [4.69, 9.17) is 19.3 Å². The number of carbonyl (C=O) groups excluding carboxylic acids is 1. The Labute approximate surface area is 157 Å². The Bertz CT molecular complexity index is 773. The van der Waals surface area contributed by atoms with Gasteiger partial charge in [-0.15, -0.1) is 0 Å². The van der Waals surface area contributed by atoms with Crippen LogP contribution in [0.15, 0.2) is 42.5 Å². The smallest absolute Gasteiger partial charge is 0.303 e. The van der Waals surface area contributed by atoms with Crippen molar-refractivity contribution in [2.75, 3.05) is 25.6 Å². The van der Waals surface area contributed by atoms with Gasteiger partial charge in [-0.25, -0.2) is 0 Å². The molecule has 2 rings (SSSR count). The average Bonchev–Trinajstić information content (AvgIpc) is 2.66. The summed E-state index contributed by atoms with van der Waals surface area (Å²) in [6.45, 7) is 2.70. The van der Waals surface area contributed by atoms with E-state index in [0.29, 0.717) is 48.1 Å². The summed E-state index contributed by atoms with van der Waals surface area (Å²) in [5, 5.41) is 11.4. The second-order valence-corrected chi connectivity index (χ2v) is 5.62. The van der Waals surface area contributed by atoms with Crippen LogP contribution in [0.4, 0.5) is 5.69 Å². The van der Waals surface area contributed by atoms with Crippen LogP contribution in [0.2, 0.25) is 0 Å². The zero-order chi connectivity index (χ0) is 19.6. The molecule has 2 aromatic rings. The normalized spacial score (nSPS) is 10.1. The molecular formula is C20H23NO6.